The molecule has 3 heteroatoms. The van der Waals surface area contributed by atoms with Gasteiger partial charge in [0.1, 0.15) is 0 Å². The van der Waals surface area contributed by atoms with E-state index in [1.807, 2.05) is 20.8 Å². The third kappa shape index (κ3) is 7.33. The molecule has 1 atom stereocenters. The first-order valence-corrected chi connectivity index (χ1v) is 3.81. The number of carbonyl (C=O) groups excluding carboxylic acids is 1. The Balaban J connectivity index is 3.21. The molecule has 0 saturated carbocycles. The summed E-state index contributed by atoms with van der Waals surface area (Å²) in [5, 5.41) is 0. The topological polar surface area (TPSA) is 35.5 Å². The Hall–Kier alpha value is -0.570. The Kier molecular flexibility index (Phi) is 5.84. The maximum atomic E-state index is 9.62. The van der Waals surface area contributed by atoms with Gasteiger partial charge in [0.25, 0.3) is 0 Å². The smallest absolute Gasteiger partial charge is 0.417 e. The molecule has 0 N–H and O–H groups in total. The van der Waals surface area contributed by atoms with Crippen molar-refractivity contribution in [2.45, 2.75) is 39.4 Å². The predicted octanol–water partition coefficient (Wildman–Crippen LogP) is 1.27. The standard InChI is InChI=1S/C8H15O3/c1-7(2)11-8(3)4-5-10-6-9/h7-8H,4-5H2,1-3H3. The molecule has 0 rings (SSSR count). The summed E-state index contributed by atoms with van der Waals surface area (Å²) < 4.78 is 9.79. The molecule has 0 aliphatic rings. The van der Waals surface area contributed by atoms with Crippen LogP contribution in [0.5, 0.6) is 0 Å². The van der Waals surface area contributed by atoms with Gasteiger partial charge in [0.05, 0.1) is 18.8 Å². The van der Waals surface area contributed by atoms with Crippen molar-refractivity contribution in [1.82, 2.24) is 0 Å². The molecule has 1 unspecified atom stereocenters. The van der Waals surface area contributed by atoms with E-state index in [-0.39, 0.29) is 12.2 Å². The van der Waals surface area contributed by atoms with Crippen LogP contribution in [0.2, 0.25) is 0 Å². The van der Waals surface area contributed by atoms with Crippen LogP contribution in [0.1, 0.15) is 27.2 Å². The van der Waals surface area contributed by atoms with Crippen LogP contribution >= 0.6 is 0 Å². The Bertz CT molecular complexity index is 102. The van der Waals surface area contributed by atoms with Crippen LogP contribution in [0.15, 0.2) is 0 Å². The van der Waals surface area contributed by atoms with Gasteiger partial charge < -0.3 is 9.47 Å². The van der Waals surface area contributed by atoms with E-state index in [2.05, 4.69) is 4.74 Å². The van der Waals surface area contributed by atoms with E-state index in [9.17, 15) is 4.79 Å². The van der Waals surface area contributed by atoms with Crippen molar-refractivity contribution >= 4 is 6.47 Å². The van der Waals surface area contributed by atoms with Gasteiger partial charge in [-0.05, 0) is 20.8 Å². The molecule has 1 radical (unpaired) electrons. The SMILES string of the molecule is CC(C)OC(C)CCO[C]=O. The first-order chi connectivity index (χ1) is 5.16. The Morgan fingerprint density at radius 3 is 2.45 bits per heavy atom. The van der Waals surface area contributed by atoms with Crippen molar-refractivity contribution < 1.29 is 14.3 Å². The summed E-state index contributed by atoms with van der Waals surface area (Å²) in [4.78, 5) is 9.62. The van der Waals surface area contributed by atoms with Crippen molar-refractivity contribution in [1.29, 1.82) is 0 Å². The highest BCUT2D eigenvalue weighted by atomic mass is 16.5. The fourth-order valence-corrected chi connectivity index (χ4v) is 0.799. The van der Waals surface area contributed by atoms with Gasteiger partial charge in [-0.15, -0.1) is 0 Å². The zero-order chi connectivity index (χ0) is 8.69. The minimum Gasteiger partial charge on any atom is -0.457 e. The number of hydrogen-bond donors (Lipinski definition) is 0. The second kappa shape index (κ2) is 6.16. The van der Waals surface area contributed by atoms with Crippen LogP contribution in [0.4, 0.5) is 0 Å². The van der Waals surface area contributed by atoms with Gasteiger partial charge in [-0.1, -0.05) is 0 Å². The van der Waals surface area contributed by atoms with Crippen molar-refractivity contribution in [3.8, 4) is 0 Å². The van der Waals surface area contributed by atoms with E-state index in [4.69, 9.17) is 4.74 Å². The van der Waals surface area contributed by atoms with Crippen LogP contribution in [0, 0.1) is 0 Å². The average molecular weight is 159 g/mol. The molecule has 0 heterocycles. The minimum atomic E-state index is 0.142. The molecule has 0 spiro atoms. The van der Waals surface area contributed by atoms with Gasteiger partial charge in [-0.2, -0.15) is 0 Å². The summed E-state index contributed by atoms with van der Waals surface area (Å²) in [6, 6.07) is 0. The fourth-order valence-electron chi connectivity index (χ4n) is 0.799. The van der Waals surface area contributed by atoms with Gasteiger partial charge in [0, 0.05) is 6.42 Å². The summed E-state index contributed by atoms with van der Waals surface area (Å²) >= 11 is 0. The molecule has 0 fully saturated rings. The Morgan fingerprint density at radius 1 is 1.36 bits per heavy atom. The van der Waals surface area contributed by atoms with E-state index >= 15 is 0 Å². The molecule has 0 aliphatic heterocycles. The van der Waals surface area contributed by atoms with Crippen molar-refractivity contribution in [3.63, 3.8) is 0 Å². The molecule has 0 aromatic rings. The van der Waals surface area contributed by atoms with Gasteiger partial charge in [0.2, 0.25) is 0 Å². The highest BCUT2D eigenvalue weighted by molar-refractivity contribution is 5.37. The number of hydrogen-bond acceptors (Lipinski definition) is 3. The summed E-state index contributed by atoms with van der Waals surface area (Å²) in [6.07, 6.45) is 1.10. The Morgan fingerprint density at radius 2 is 2.00 bits per heavy atom. The van der Waals surface area contributed by atoms with Crippen LogP contribution in [0.25, 0.3) is 0 Å². The fraction of sp³-hybridized carbons (Fsp3) is 0.875. The quantitative estimate of drug-likeness (QED) is 0.547. The van der Waals surface area contributed by atoms with E-state index in [1.165, 1.54) is 6.47 Å². The third-order valence-electron chi connectivity index (χ3n) is 1.19. The molecule has 0 saturated heterocycles. The molecule has 0 bridgehead atoms. The summed E-state index contributed by atoms with van der Waals surface area (Å²) in [6.45, 7) is 7.66. The van der Waals surface area contributed by atoms with Crippen molar-refractivity contribution in [2.75, 3.05) is 6.61 Å². The zero-order valence-electron chi connectivity index (χ0n) is 7.29. The van der Waals surface area contributed by atoms with E-state index in [1.54, 1.807) is 0 Å². The minimum absolute atomic E-state index is 0.142. The lowest BCUT2D eigenvalue weighted by molar-refractivity contribution is 0.00689. The lowest BCUT2D eigenvalue weighted by Crippen LogP contribution is -2.16. The summed E-state index contributed by atoms with van der Waals surface area (Å²) in [7, 11) is 0. The first kappa shape index (κ1) is 10.4. The van der Waals surface area contributed by atoms with Crippen LogP contribution in [-0.2, 0) is 14.3 Å². The van der Waals surface area contributed by atoms with Gasteiger partial charge in [0.15, 0.2) is 0 Å². The summed E-state index contributed by atoms with van der Waals surface area (Å²) in [5.41, 5.74) is 0. The van der Waals surface area contributed by atoms with E-state index < -0.39 is 0 Å². The second-order valence-electron chi connectivity index (χ2n) is 2.72. The number of ether oxygens (including phenoxy) is 2. The molecule has 0 aromatic heterocycles. The Labute approximate surface area is 67.7 Å². The molecule has 65 valence electrons. The molecule has 11 heavy (non-hydrogen) atoms. The van der Waals surface area contributed by atoms with E-state index in [0.717, 1.165) is 6.42 Å². The predicted molar refractivity (Wildman–Crippen MR) is 41.9 cm³/mol. The normalized spacial score (nSPS) is 13.1. The highest BCUT2D eigenvalue weighted by Crippen LogP contribution is 2.01. The largest absolute Gasteiger partial charge is 0.457 e. The lowest BCUT2D eigenvalue weighted by Gasteiger charge is -2.14. The van der Waals surface area contributed by atoms with Gasteiger partial charge in [-0.3, -0.25) is 0 Å². The maximum Gasteiger partial charge on any atom is 0.417 e. The van der Waals surface area contributed by atoms with Gasteiger partial charge >= 0.3 is 6.47 Å². The van der Waals surface area contributed by atoms with Crippen molar-refractivity contribution in [3.05, 3.63) is 0 Å². The molecule has 3 nitrogen and oxygen atoms in total. The zero-order valence-corrected chi connectivity index (χ0v) is 7.29. The summed E-state index contributed by atoms with van der Waals surface area (Å²) in [5.74, 6) is 0. The van der Waals surface area contributed by atoms with Crippen LogP contribution < -0.4 is 0 Å². The molecule has 0 amide bonds. The third-order valence-corrected chi connectivity index (χ3v) is 1.19. The van der Waals surface area contributed by atoms with Crippen molar-refractivity contribution in [2.24, 2.45) is 0 Å². The van der Waals surface area contributed by atoms with Crippen LogP contribution in [-0.4, -0.2) is 25.3 Å². The highest BCUT2D eigenvalue weighted by Gasteiger charge is 2.03. The second-order valence-corrected chi connectivity index (χ2v) is 2.72. The lowest BCUT2D eigenvalue weighted by atomic mass is 10.3. The maximum absolute atomic E-state index is 9.62. The average Bonchev–Trinajstić information content (AvgIpc) is 1.86. The molecule has 0 aliphatic carbocycles. The van der Waals surface area contributed by atoms with Gasteiger partial charge in [-0.25, -0.2) is 4.79 Å². The van der Waals surface area contributed by atoms with E-state index in [0.29, 0.717) is 6.61 Å². The molecular formula is C8H15O3. The van der Waals surface area contributed by atoms with Crippen LogP contribution in [0.3, 0.4) is 0 Å². The number of rotatable bonds is 6. The monoisotopic (exact) mass is 159 g/mol. The molecule has 0 aromatic carbocycles. The molecular weight excluding hydrogens is 144 g/mol. The first-order valence-electron chi connectivity index (χ1n) is 3.81.